The number of carbonyl (C=O) groups is 2. The number of phenolic OH excluding ortho intramolecular Hbond substituents is 1. The lowest BCUT2D eigenvalue weighted by molar-refractivity contribution is -0.132. The van der Waals surface area contributed by atoms with Gasteiger partial charge < -0.3 is 20.1 Å². The molecule has 3 rings (SSSR count). The van der Waals surface area contributed by atoms with E-state index in [0.717, 1.165) is 0 Å². The maximum atomic E-state index is 12.7. The second-order valence-electron chi connectivity index (χ2n) is 6.53. The van der Waals surface area contributed by atoms with Gasteiger partial charge in [-0.2, -0.15) is 0 Å². The Morgan fingerprint density at radius 1 is 1.23 bits per heavy atom. The van der Waals surface area contributed by atoms with Crippen LogP contribution >= 0.6 is 11.6 Å². The predicted molar refractivity (Wildman–Crippen MR) is 99.9 cm³/mol. The molecular formula is C19H19ClN2O4. The highest BCUT2D eigenvalue weighted by molar-refractivity contribution is 6.31. The van der Waals surface area contributed by atoms with Crippen molar-refractivity contribution in [1.82, 2.24) is 0 Å². The van der Waals surface area contributed by atoms with E-state index < -0.39 is 5.60 Å². The van der Waals surface area contributed by atoms with Crippen LogP contribution in [0.2, 0.25) is 5.02 Å². The molecule has 0 bridgehead atoms. The van der Waals surface area contributed by atoms with Crippen molar-refractivity contribution in [3.05, 3.63) is 47.5 Å². The Kier molecular flexibility index (Phi) is 4.78. The highest BCUT2D eigenvalue weighted by Gasteiger charge is 2.40. The summed E-state index contributed by atoms with van der Waals surface area (Å²) in [7, 11) is 0. The number of anilines is 2. The number of hydrogen-bond acceptors (Lipinski definition) is 4. The molecule has 0 spiro atoms. The van der Waals surface area contributed by atoms with Gasteiger partial charge in [0.1, 0.15) is 11.5 Å². The molecule has 1 aliphatic heterocycles. The van der Waals surface area contributed by atoms with Crippen molar-refractivity contribution < 1.29 is 19.4 Å². The van der Waals surface area contributed by atoms with Gasteiger partial charge in [0, 0.05) is 23.7 Å². The number of fused-ring (bicyclic) bond motifs is 1. The minimum absolute atomic E-state index is 0.106. The lowest BCUT2D eigenvalue weighted by atomic mass is 10.0. The maximum absolute atomic E-state index is 12.7. The van der Waals surface area contributed by atoms with Crippen molar-refractivity contribution in [3.63, 3.8) is 0 Å². The van der Waals surface area contributed by atoms with Gasteiger partial charge in [-0.05, 0) is 56.3 Å². The fourth-order valence-corrected chi connectivity index (χ4v) is 2.91. The number of carbonyl (C=O) groups excluding carboxylic acids is 2. The van der Waals surface area contributed by atoms with Gasteiger partial charge in [0.2, 0.25) is 5.91 Å². The van der Waals surface area contributed by atoms with Crippen molar-refractivity contribution in [2.75, 3.05) is 16.8 Å². The predicted octanol–water partition coefficient (Wildman–Crippen LogP) is 3.58. The van der Waals surface area contributed by atoms with E-state index in [1.54, 1.807) is 44.2 Å². The van der Waals surface area contributed by atoms with Crippen LogP contribution in [-0.2, 0) is 9.59 Å². The average molecular weight is 375 g/mol. The number of halogens is 1. The Morgan fingerprint density at radius 3 is 2.62 bits per heavy atom. The third-order valence-corrected chi connectivity index (χ3v) is 4.29. The fourth-order valence-electron chi connectivity index (χ4n) is 2.74. The van der Waals surface area contributed by atoms with E-state index in [1.165, 1.54) is 17.0 Å². The zero-order chi connectivity index (χ0) is 18.9. The number of phenols is 1. The summed E-state index contributed by atoms with van der Waals surface area (Å²) < 4.78 is 5.76. The van der Waals surface area contributed by atoms with Gasteiger partial charge >= 0.3 is 0 Å². The number of hydrogen-bond donors (Lipinski definition) is 2. The second-order valence-corrected chi connectivity index (χ2v) is 6.96. The molecule has 136 valence electrons. The summed E-state index contributed by atoms with van der Waals surface area (Å²) >= 11 is 6.05. The SMILES string of the molecule is CC1(C)Oc2ccc(Cl)cc2N(CCC(=O)Nc2ccc(O)cc2)C1=O. The lowest BCUT2D eigenvalue weighted by Gasteiger charge is -2.38. The highest BCUT2D eigenvalue weighted by atomic mass is 35.5. The Hall–Kier alpha value is -2.73. The largest absolute Gasteiger partial charge is 0.508 e. The van der Waals surface area contributed by atoms with Crippen molar-refractivity contribution in [2.24, 2.45) is 0 Å². The molecule has 0 saturated heterocycles. The van der Waals surface area contributed by atoms with Crippen molar-refractivity contribution in [3.8, 4) is 11.5 Å². The Labute approximate surface area is 156 Å². The zero-order valence-electron chi connectivity index (χ0n) is 14.5. The fraction of sp³-hybridized carbons (Fsp3) is 0.263. The molecule has 0 radical (unpaired) electrons. The maximum Gasteiger partial charge on any atom is 0.270 e. The van der Waals surface area contributed by atoms with Gasteiger partial charge in [-0.15, -0.1) is 0 Å². The first kappa shape index (κ1) is 18.1. The van der Waals surface area contributed by atoms with Gasteiger partial charge in [-0.25, -0.2) is 0 Å². The minimum Gasteiger partial charge on any atom is -0.508 e. The number of rotatable bonds is 4. The van der Waals surface area contributed by atoms with E-state index in [0.29, 0.717) is 22.1 Å². The first-order chi connectivity index (χ1) is 12.3. The molecule has 0 atom stereocenters. The molecule has 0 unspecified atom stereocenters. The number of nitrogens with one attached hydrogen (secondary N) is 1. The van der Waals surface area contributed by atoms with Crippen molar-refractivity contribution >= 4 is 34.8 Å². The molecule has 2 amide bonds. The Bertz CT molecular complexity index is 849. The summed E-state index contributed by atoms with van der Waals surface area (Å²) in [5.74, 6) is 0.205. The molecular weight excluding hydrogens is 356 g/mol. The van der Waals surface area contributed by atoms with Crippen LogP contribution in [0.1, 0.15) is 20.3 Å². The van der Waals surface area contributed by atoms with Crippen molar-refractivity contribution in [1.29, 1.82) is 0 Å². The Balaban J connectivity index is 1.73. The quantitative estimate of drug-likeness (QED) is 0.802. The number of ether oxygens (including phenoxy) is 1. The van der Waals surface area contributed by atoms with E-state index in [2.05, 4.69) is 5.32 Å². The van der Waals surface area contributed by atoms with Crippen LogP contribution in [0.5, 0.6) is 11.5 Å². The molecule has 0 saturated carbocycles. The number of amides is 2. The molecule has 0 aromatic heterocycles. The number of nitrogens with zero attached hydrogens (tertiary/aromatic N) is 1. The normalized spacial score (nSPS) is 15.2. The van der Waals surface area contributed by atoms with Gasteiger partial charge in [0.25, 0.3) is 5.91 Å². The summed E-state index contributed by atoms with van der Waals surface area (Å²) in [5, 5.41) is 12.5. The van der Waals surface area contributed by atoms with Gasteiger partial charge in [0.05, 0.1) is 5.69 Å². The summed E-state index contributed by atoms with van der Waals surface area (Å²) in [5.41, 5.74) is 0.109. The third kappa shape index (κ3) is 3.75. The van der Waals surface area contributed by atoms with Crippen LogP contribution in [0.15, 0.2) is 42.5 Å². The first-order valence-corrected chi connectivity index (χ1v) is 8.53. The zero-order valence-corrected chi connectivity index (χ0v) is 15.2. The standard InChI is InChI=1S/C19H19ClN2O4/c1-19(2)18(25)22(15-11-12(20)3-8-16(15)26-19)10-9-17(24)21-13-4-6-14(23)7-5-13/h3-8,11,23H,9-10H2,1-2H3,(H,21,24). The van der Waals surface area contributed by atoms with Crippen LogP contribution in [-0.4, -0.2) is 29.1 Å². The van der Waals surface area contributed by atoms with E-state index in [1.807, 2.05) is 0 Å². The molecule has 26 heavy (non-hydrogen) atoms. The highest BCUT2D eigenvalue weighted by Crippen LogP contribution is 2.39. The smallest absolute Gasteiger partial charge is 0.270 e. The minimum atomic E-state index is -1.02. The first-order valence-electron chi connectivity index (χ1n) is 8.16. The molecule has 2 aromatic rings. The Morgan fingerprint density at radius 2 is 1.92 bits per heavy atom. The average Bonchev–Trinajstić information content (AvgIpc) is 2.58. The van der Waals surface area contributed by atoms with Crippen LogP contribution < -0.4 is 15.0 Å². The molecule has 0 fully saturated rings. The van der Waals surface area contributed by atoms with E-state index in [9.17, 15) is 14.7 Å². The summed E-state index contributed by atoms with van der Waals surface area (Å²) in [6.07, 6.45) is 0.106. The molecule has 0 aliphatic carbocycles. The second kappa shape index (κ2) is 6.88. The monoisotopic (exact) mass is 374 g/mol. The van der Waals surface area contributed by atoms with Gasteiger partial charge in [-0.1, -0.05) is 11.6 Å². The topological polar surface area (TPSA) is 78.9 Å². The molecule has 7 heteroatoms. The van der Waals surface area contributed by atoms with Gasteiger partial charge in [0.15, 0.2) is 5.60 Å². The van der Waals surface area contributed by atoms with Crippen LogP contribution in [0.3, 0.4) is 0 Å². The van der Waals surface area contributed by atoms with Crippen LogP contribution in [0.25, 0.3) is 0 Å². The molecule has 2 N–H and O–H groups in total. The summed E-state index contributed by atoms with van der Waals surface area (Å²) in [6, 6.07) is 11.2. The van der Waals surface area contributed by atoms with E-state index in [-0.39, 0.29) is 30.5 Å². The molecule has 6 nitrogen and oxygen atoms in total. The number of aromatic hydroxyl groups is 1. The van der Waals surface area contributed by atoms with Crippen LogP contribution in [0, 0.1) is 0 Å². The number of benzene rings is 2. The van der Waals surface area contributed by atoms with E-state index >= 15 is 0 Å². The lowest BCUT2D eigenvalue weighted by Crippen LogP contribution is -2.53. The molecule has 1 aliphatic rings. The van der Waals surface area contributed by atoms with Gasteiger partial charge in [-0.3, -0.25) is 9.59 Å². The van der Waals surface area contributed by atoms with E-state index in [4.69, 9.17) is 16.3 Å². The molecule has 2 aromatic carbocycles. The molecule has 1 heterocycles. The summed E-state index contributed by atoms with van der Waals surface area (Å²) in [6.45, 7) is 3.58. The summed E-state index contributed by atoms with van der Waals surface area (Å²) in [4.78, 5) is 26.5. The third-order valence-electron chi connectivity index (χ3n) is 4.05. The van der Waals surface area contributed by atoms with Crippen LogP contribution in [0.4, 0.5) is 11.4 Å². The van der Waals surface area contributed by atoms with Crippen molar-refractivity contribution in [2.45, 2.75) is 25.9 Å².